The summed E-state index contributed by atoms with van der Waals surface area (Å²) >= 11 is 1.46. The Hall–Kier alpha value is -2.12. The van der Waals surface area contributed by atoms with Crippen LogP contribution >= 0.6 is 11.3 Å². The lowest BCUT2D eigenvalue weighted by Crippen LogP contribution is -2.36. The molecule has 0 unspecified atom stereocenters. The summed E-state index contributed by atoms with van der Waals surface area (Å²) in [5.41, 5.74) is 1.95. The predicted octanol–water partition coefficient (Wildman–Crippen LogP) is 2.66. The summed E-state index contributed by atoms with van der Waals surface area (Å²) in [6.07, 6.45) is 1.73. The van der Waals surface area contributed by atoms with Crippen molar-refractivity contribution in [2.75, 3.05) is 44.9 Å². The molecule has 0 bridgehead atoms. The van der Waals surface area contributed by atoms with Gasteiger partial charge in [-0.15, -0.1) is 0 Å². The number of thiazole rings is 1. The van der Waals surface area contributed by atoms with Crippen LogP contribution in [-0.4, -0.2) is 50.8 Å². The monoisotopic (exact) mass is 375 g/mol. The molecule has 140 valence electrons. The molecule has 0 spiro atoms. The van der Waals surface area contributed by atoms with Gasteiger partial charge in [0.2, 0.25) is 0 Å². The summed E-state index contributed by atoms with van der Waals surface area (Å²) in [5, 5.41) is 3.92. The van der Waals surface area contributed by atoms with Gasteiger partial charge in [0.15, 0.2) is 5.13 Å². The molecule has 0 atom stereocenters. The fourth-order valence-corrected chi connectivity index (χ4v) is 3.99. The number of hydrogen-bond donors (Lipinski definition) is 1. The number of aromatic nitrogens is 1. The highest BCUT2D eigenvalue weighted by Gasteiger charge is 2.20. The van der Waals surface area contributed by atoms with E-state index in [1.807, 2.05) is 25.1 Å². The Morgan fingerprint density at radius 1 is 1.35 bits per heavy atom. The molecule has 26 heavy (non-hydrogen) atoms. The van der Waals surface area contributed by atoms with Crippen LogP contribution in [0.2, 0.25) is 0 Å². The van der Waals surface area contributed by atoms with E-state index in [4.69, 9.17) is 9.47 Å². The van der Waals surface area contributed by atoms with Crippen LogP contribution in [0.1, 0.15) is 27.3 Å². The fourth-order valence-electron chi connectivity index (χ4n) is 2.95. The third-order valence-corrected chi connectivity index (χ3v) is 5.59. The van der Waals surface area contributed by atoms with Gasteiger partial charge in [-0.1, -0.05) is 29.5 Å². The smallest absolute Gasteiger partial charge is 0.263 e. The molecular formula is C19H25N3O3S. The lowest BCUT2D eigenvalue weighted by molar-refractivity contribution is 0.0956. The molecule has 7 heteroatoms. The first-order valence-electron chi connectivity index (χ1n) is 8.89. The van der Waals surface area contributed by atoms with Gasteiger partial charge in [0.1, 0.15) is 10.6 Å². The van der Waals surface area contributed by atoms with Crippen LogP contribution in [0.5, 0.6) is 5.75 Å². The number of benzene rings is 1. The van der Waals surface area contributed by atoms with E-state index in [0.717, 1.165) is 48.1 Å². The highest BCUT2D eigenvalue weighted by Crippen LogP contribution is 2.26. The molecule has 1 aliphatic rings. The van der Waals surface area contributed by atoms with Crippen LogP contribution < -0.4 is 15.0 Å². The quantitative estimate of drug-likeness (QED) is 0.754. The SMILES string of the molecule is COc1ccccc1CCCNC(=O)c1sc(N2CCOCC2)nc1C. The Bertz CT molecular complexity index is 741. The third-order valence-electron chi connectivity index (χ3n) is 4.37. The van der Waals surface area contributed by atoms with Crippen LogP contribution in [0.15, 0.2) is 24.3 Å². The van der Waals surface area contributed by atoms with Gasteiger partial charge >= 0.3 is 0 Å². The number of hydrogen-bond acceptors (Lipinski definition) is 6. The number of para-hydroxylation sites is 1. The lowest BCUT2D eigenvalue weighted by atomic mass is 10.1. The van der Waals surface area contributed by atoms with Gasteiger partial charge in [0.05, 0.1) is 26.0 Å². The molecule has 1 fully saturated rings. The predicted molar refractivity (Wildman–Crippen MR) is 104 cm³/mol. The number of nitrogens with one attached hydrogen (secondary N) is 1. The average molecular weight is 375 g/mol. The molecule has 1 saturated heterocycles. The molecule has 1 aromatic heterocycles. The maximum Gasteiger partial charge on any atom is 0.263 e. The van der Waals surface area contributed by atoms with E-state index in [9.17, 15) is 4.79 Å². The van der Waals surface area contributed by atoms with Crippen LogP contribution in [0.4, 0.5) is 5.13 Å². The normalized spacial score (nSPS) is 14.3. The molecule has 2 heterocycles. The lowest BCUT2D eigenvalue weighted by Gasteiger charge is -2.25. The van der Waals surface area contributed by atoms with E-state index in [1.165, 1.54) is 11.3 Å². The van der Waals surface area contributed by atoms with E-state index in [-0.39, 0.29) is 5.91 Å². The molecular weight excluding hydrogens is 350 g/mol. The van der Waals surface area contributed by atoms with Gasteiger partial charge in [0, 0.05) is 19.6 Å². The van der Waals surface area contributed by atoms with Gasteiger partial charge in [-0.2, -0.15) is 0 Å². The highest BCUT2D eigenvalue weighted by atomic mass is 32.1. The minimum atomic E-state index is -0.0421. The van der Waals surface area contributed by atoms with Crippen molar-refractivity contribution >= 4 is 22.4 Å². The zero-order valence-corrected chi connectivity index (χ0v) is 16.1. The van der Waals surface area contributed by atoms with E-state index in [1.54, 1.807) is 7.11 Å². The largest absolute Gasteiger partial charge is 0.496 e. The number of morpholine rings is 1. The summed E-state index contributed by atoms with van der Waals surface area (Å²) in [5.74, 6) is 0.854. The summed E-state index contributed by atoms with van der Waals surface area (Å²) < 4.78 is 10.7. The number of ether oxygens (including phenoxy) is 2. The number of nitrogens with zero attached hydrogens (tertiary/aromatic N) is 2. The maximum atomic E-state index is 12.5. The second kappa shape index (κ2) is 9.00. The van der Waals surface area contributed by atoms with Gasteiger partial charge in [-0.05, 0) is 31.4 Å². The first-order valence-corrected chi connectivity index (χ1v) is 9.71. The summed E-state index contributed by atoms with van der Waals surface area (Å²) in [6.45, 7) is 5.59. The molecule has 1 aromatic carbocycles. The molecule has 0 saturated carbocycles. The zero-order chi connectivity index (χ0) is 18.4. The van der Waals surface area contributed by atoms with Crippen LogP contribution in [0.3, 0.4) is 0 Å². The molecule has 2 aromatic rings. The summed E-state index contributed by atoms with van der Waals surface area (Å²) in [4.78, 5) is 19.9. The Morgan fingerprint density at radius 2 is 2.12 bits per heavy atom. The minimum absolute atomic E-state index is 0.0421. The van der Waals surface area contributed by atoms with E-state index in [2.05, 4.69) is 21.3 Å². The van der Waals surface area contributed by atoms with Crippen molar-refractivity contribution in [3.8, 4) is 5.75 Å². The number of aryl methyl sites for hydroxylation is 2. The zero-order valence-electron chi connectivity index (χ0n) is 15.3. The number of methoxy groups -OCH3 is 1. The first kappa shape index (κ1) is 18.7. The maximum absolute atomic E-state index is 12.5. The van der Waals surface area contributed by atoms with Crippen LogP contribution in [0.25, 0.3) is 0 Å². The number of amides is 1. The van der Waals surface area contributed by atoms with Gasteiger partial charge in [0.25, 0.3) is 5.91 Å². The molecule has 1 aliphatic heterocycles. The average Bonchev–Trinajstić information content (AvgIpc) is 3.08. The van der Waals surface area contributed by atoms with Crippen molar-refractivity contribution < 1.29 is 14.3 Å². The van der Waals surface area contributed by atoms with Gasteiger partial charge in [-0.25, -0.2) is 4.98 Å². The molecule has 3 rings (SSSR count). The third kappa shape index (κ3) is 4.53. The Labute approximate surface area is 158 Å². The minimum Gasteiger partial charge on any atom is -0.496 e. The van der Waals surface area contributed by atoms with Crippen LogP contribution in [0, 0.1) is 6.92 Å². The summed E-state index contributed by atoms with van der Waals surface area (Å²) in [6, 6.07) is 7.98. The van der Waals surface area contributed by atoms with E-state index < -0.39 is 0 Å². The fraction of sp³-hybridized carbons (Fsp3) is 0.474. The second-order valence-corrected chi connectivity index (χ2v) is 7.16. The van der Waals surface area contributed by atoms with Crippen molar-refractivity contribution in [1.82, 2.24) is 10.3 Å². The van der Waals surface area contributed by atoms with Crippen molar-refractivity contribution in [1.29, 1.82) is 0 Å². The molecule has 6 nitrogen and oxygen atoms in total. The molecule has 1 N–H and O–H groups in total. The van der Waals surface area contributed by atoms with Crippen molar-refractivity contribution in [3.05, 3.63) is 40.4 Å². The van der Waals surface area contributed by atoms with Crippen molar-refractivity contribution in [2.45, 2.75) is 19.8 Å². The molecule has 0 radical (unpaired) electrons. The summed E-state index contributed by atoms with van der Waals surface area (Å²) in [7, 11) is 1.68. The van der Waals surface area contributed by atoms with Crippen molar-refractivity contribution in [3.63, 3.8) is 0 Å². The Kier molecular flexibility index (Phi) is 6.46. The van der Waals surface area contributed by atoms with E-state index in [0.29, 0.717) is 24.6 Å². The first-order chi connectivity index (χ1) is 12.7. The molecule has 0 aliphatic carbocycles. The Balaban J connectivity index is 1.51. The standard InChI is InChI=1S/C19H25N3O3S/c1-14-17(26-19(21-14)22-10-12-25-13-11-22)18(23)20-9-5-7-15-6-3-4-8-16(15)24-2/h3-4,6,8H,5,7,9-13H2,1-2H3,(H,20,23). The second-order valence-electron chi connectivity index (χ2n) is 6.18. The van der Waals surface area contributed by atoms with Crippen molar-refractivity contribution in [2.24, 2.45) is 0 Å². The molecule has 1 amide bonds. The van der Waals surface area contributed by atoms with Gasteiger partial charge < -0.3 is 19.7 Å². The number of carbonyl (C=O) groups excluding carboxylic acids is 1. The van der Waals surface area contributed by atoms with Gasteiger partial charge in [-0.3, -0.25) is 4.79 Å². The topological polar surface area (TPSA) is 63.7 Å². The van der Waals surface area contributed by atoms with E-state index >= 15 is 0 Å². The number of rotatable bonds is 7. The Morgan fingerprint density at radius 3 is 2.88 bits per heavy atom. The highest BCUT2D eigenvalue weighted by molar-refractivity contribution is 7.17. The number of anilines is 1. The number of carbonyl (C=O) groups is 1. The van der Waals surface area contributed by atoms with Crippen LogP contribution in [-0.2, 0) is 11.2 Å².